The second-order valence-electron chi connectivity index (χ2n) is 2.36. The summed E-state index contributed by atoms with van der Waals surface area (Å²) in [5, 5.41) is 0.676. The lowest BCUT2D eigenvalue weighted by atomic mass is 10.1. The van der Waals surface area contributed by atoms with Gasteiger partial charge in [0, 0.05) is 11.8 Å². The van der Waals surface area contributed by atoms with Gasteiger partial charge in [0.05, 0.1) is 0 Å². The molecule has 0 aromatic carbocycles. The average Bonchev–Trinajstić information content (AvgIpc) is 2.37. The van der Waals surface area contributed by atoms with Crippen molar-refractivity contribution in [3.8, 4) is 0 Å². The van der Waals surface area contributed by atoms with Crippen LogP contribution in [0.4, 0.5) is 0 Å². The van der Waals surface area contributed by atoms with Crippen LogP contribution in [-0.4, -0.2) is 17.5 Å². The van der Waals surface area contributed by atoms with Gasteiger partial charge in [-0.1, -0.05) is 12.2 Å². The lowest BCUT2D eigenvalue weighted by Gasteiger charge is -2.08. The lowest BCUT2D eigenvalue weighted by molar-refractivity contribution is 0.838. The van der Waals surface area contributed by atoms with Gasteiger partial charge in [-0.05, 0) is 18.6 Å². The summed E-state index contributed by atoms with van der Waals surface area (Å²) in [7, 11) is 0. The molecule has 1 rings (SSSR count). The van der Waals surface area contributed by atoms with Crippen LogP contribution in [0.25, 0.3) is 0 Å². The van der Waals surface area contributed by atoms with Gasteiger partial charge in [-0.3, -0.25) is 0 Å². The van der Waals surface area contributed by atoms with Crippen LogP contribution in [0.2, 0.25) is 0 Å². The van der Waals surface area contributed by atoms with E-state index in [2.05, 4.69) is 6.58 Å². The molecule has 0 aliphatic carbocycles. The summed E-state index contributed by atoms with van der Waals surface area (Å²) in [6, 6.07) is 0. The van der Waals surface area contributed by atoms with Gasteiger partial charge in [-0.25, -0.2) is 0 Å². The minimum Gasteiger partial charge on any atom is -0.327 e. The maximum atomic E-state index is 5.44. The molecule has 1 fully saturated rings. The smallest absolute Gasteiger partial charge is 0.0266 e. The highest BCUT2D eigenvalue weighted by molar-refractivity contribution is 8.00. The standard InChI is InChI=1S/C7H13NS/c1-6(5-8)7-3-2-4-9-7/h7H,1-5,8H2. The van der Waals surface area contributed by atoms with E-state index in [0.717, 1.165) is 0 Å². The Labute approximate surface area is 60.7 Å². The van der Waals surface area contributed by atoms with E-state index in [1.165, 1.54) is 24.2 Å². The molecule has 0 spiro atoms. The van der Waals surface area contributed by atoms with Crippen LogP contribution in [-0.2, 0) is 0 Å². The third kappa shape index (κ3) is 1.73. The van der Waals surface area contributed by atoms with Gasteiger partial charge in [0.15, 0.2) is 0 Å². The van der Waals surface area contributed by atoms with E-state index in [1.807, 2.05) is 11.8 Å². The Morgan fingerprint density at radius 1 is 1.78 bits per heavy atom. The molecule has 1 aliphatic rings. The molecule has 0 bridgehead atoms. The first-order valence-corrected chi connectivity index (χ1v) is 4.39. The van der Waals surface area contributed by atoms with Crippen molar-refractivity contribution in [1.29, 1.82) is 0 Å². The molecule has 1 unspecified atom stereocenters. The van der Waals surface area contributed by atoms with E-state index in [-0.39, 0.29) is 0 Å². The highest BCUT2D eigenvalue weighted by Crippen LogP contribution is 2.30. The molecule has 0 saturated carbocycles. The molecular weight excluding hydrogens is 130 g/mol. The average molecular weight is 143 g/mol. The molecule has 1 saturated heterocycles. The van der Waals surface area contributed by atoms with E-state index in [1.54, 1.807) is 0 Å². The van der Waals surface area contributed by atoms with Crippen molar-refractivity contribution in [2.24, 2.45) is 5.73 Å². The molecule has 1 atom stereocenters. The summed E-state index contributed by atoms with van der Waals surface area (Å²) in [6.45, 7) is 4.57. The number of rotatable bonds is 2. The quantitative estimate of drug-likeness (QED) is 0.591. The molecule has 0 aromatic rings. The second-order valence-corrected chi connectivity index (χ2v) is 3.67. The van der Waals surface area contributed by atoms with Gasteiger partial charge < -0.3 is 5.73 Å². The highest BCUT2D eigenvalue weighted by atomic mass is 32.2. The Bertz CT molecular complexity index is 105. The predicted octanol–water partition coefficient (Wildman–Crippen LogP) is 1.40. The molecule has 9 heavy (non-hydrogen) atoms. The number of hydrogen-bond acceptors (Lipinski definition) is 2. The lowest BCUT2D eigenvalue weighted by Crippen LogP contribution is -2.11. The van der Waals surface area contributed by atoms with Crippen LogP contribution in [0, 0.1) is 0 Å². The summed E-state index contributed by atoms with van der Waals surface area (Å²) in [5.41, 5.74) is 6.66. The van der Waals surface area contributed by atoms with Crippen LogP contribution >= 0.6 is 11.8 Å². The van der Waals surface area contributed by atoms with Crippen molar-refractivity contribution in [3.63, 3.8) is 0 Å². The van der Waals surface area contributed by atoms with E-state index in [0.29, 0.717) is 11.8 Å². The van der Waals surface area contributed by atoms with Gasteiger partial charge in [0.25, 0.3) is 0 Å². The zero-order chi connectivity index (χ0) is 6.69. The van der Waals surface area contributed by atoms with Crippen molar-refractivity contribution >= 4 is 11.8 Å². The van der Waals surface area contributed by atoms with E-state index in [9.17, 15) is 0 Å². The molecule has 1 aliphatic heterocycles. The SMILES string of the molecule is C=C(CN)C1CCCS1. The Kier molecular flexibility index (Phi) is 2.61. The Morgan fingerprint density at radius 2 is 2.56 bits per heavy atom. The summed E-state index contributed by atoms with van der Waals surface area (Å²) in [4.78, 5) is 0. The van der Waals surface area contributed by atoms with Crippen LogP contribution in [0.15, 0.2) is 12.2 Å². The number of nitrogens with two attached hydrogens (primary N) is 1. The maximum absolute atomic E-state index is 5.44. The Morgan fingerprint density at radius 3 is 3.00 bits per heavy atom. The zero-order valence-corrected chi connectivity index (χ0v) is 6.41. The summed E-state index contributed by atoms with van der Waals surface area (Å²) in [6.07, 6.45) is 2.63. The van der Waals surface area contributed by atoms with Crippen molar-refractivity contribution in [2.45, 2.75) is 18.1 Å². The van der Waals surface area contributed by atoms with Crippen molar-refractivity contribution in [1.82, 2.24) is 0 Å². The molecule has 1 heterocycles. The predicted molar refractivity (Wildman–Crippen MR) is 43.7 cm³/mol. The summed E-state index contributed by atoms with van der Waals surface area (Å²) >= 11 is 2.00. The first-order chi connectivity index (χ1) is 4.34. The monoisotopic (exact) mass is 143 g/mol. The maximum Gasteiger partial charge on any atom is 0.0266 e. The largest absolute Gasteiger partial charge is 0.327 e. The van der Waals surface area contributed by atoms with Gasteiger partial charge in [-0.15, -0.1) is 0 Å². The Hall–Kier alpha value is 0.0500. The van der Waals surface area contributed by atoms with Crippen LogP contribution in [0.3, 0.4) is 0 Å². The fraction of sp³-hybridized carbons (Fsp3) is 0.714. The van der Waals surface area contributed by atoms with Gasteiger partial charge in [0.1, 0.15) is 0 Å². The fourth-order valence-electron chi connectivity index (χ4n) is 1.03. The van der Waals surface area contributed by atoms with Crippen molar-refractivity contribution < 1.29 is 0 Å². The van der Waals surface area contributed by atoms with E-state index in [4.69, 9.17) is 5.73 Å². The normalized spacial score (nSPS) is 26.6. The molecule has 52 valence electrons. The highest BCUT2D eigenvalue weighted by Gasteiger charge is 2.16. The fourth-order valence-corrected chi connectivity index (χ4v) is 2.31. The minimum absolute atomic E-state index is 0.664. The van der Waals surface area contributed by atoms with Crippen LogP contribution in [0.5, 0.6) is 0 Å². The number of thioether (sulfide) groups is 1. The molecule has 1 nitrogen and oxygen atoms in total. The first kappa shape index (κ1) is 7.16. The van der Waals surface area contributed by atoms with Crippen molar-refractivity contribution in [2.75, 3.05) is 12.3 Å². The van der Waals surface area contributed by atoms with Crippen LogP contribution in [0.1, 0.15) is 12.8 Å². The Balaban J connectivity index is 2.32. The van der Waals surface area contributed by atoms with Crippen molar-refractivity contribution in [3.05, 3.63) is 12.2 Å². The molecule has 0 amide bonds. The van der Waals surface area contributed by atoms with Gasteiger partial charge >= 0.3 is 0 Å². The summed E-state index contributed by atoms with van der Waals surface area (Å²) in [5.74, 6) is 1.30. The molecule has 2 N–H and O–H groups in total. The first-order valence-electron chi connectivity index (χ1n) is 3.34. The van der Waals surface area contributed by atoms with Gasteiger partial charge in [0.2, 0.25) is 0 Å². The topological polar surface area (TPSA) is 26.0 Å². The summed E-state index contributed by atoms with van der Waals surface area (Å²) < 4.78 is 0. The van der Waals surface area contributed by atoms with E-state index < -0.39 is 0 Å². The molecule has 2 heteroatoms. The molecule has 0 aromatic heterocycles. The molecule has 0 radical (unpaired) electrons. The van der Waals surface area contributed by atoms with Crippen LogP contribution < -0.4 is 5.73 Å². The van der Waals surface area contributed by atoms with Gasteiger partial charge in [-0.2, -0.15) is 11.8 Å². The minimum atomic E-state index is 0.664. The van der Waals surface area contributed by atoms with E-state index >= 15 is 0 Å². The number of hydrogen-bond donors (Lipinski definition) is 1. The third-order valence-electron chi connectivity index (χ3n) is 1.65. The zero-order valence-electron chi connectivity index (χ0n) is 5.60. The third-order valence-corrected chi connectivity index (χ3v) is 3.14. The molecular formula is C7H13NS. The second kappa shape index (κ2) is 3.28.